The van der Waals surface area contributed by atoms with Crippen LogP contribution in [0.25, 0.3) is 11.0 Å². The molecule has 0 radical (unpaired) electrons. The molecule has 0 fully saturated rings. The molecule has 12 heteroatoms. The zero-order chi connectivity index (χ0) is 29.7. The lowest BCUT2D eigenvalue weighted by atomic mass is 10.1. The molecule has 0 saturated heterocycles. The molecule has 0 aliphatic carbocycles. The number of hydrogen-bond acceptors (Lipinski definition) is 8. The highest BCUT2D eigenvalue weighted by molar-refractivity contribution is 7.92. The summed E-state index contributed by atoms with van der Waals surface area (Å²) in [7, 11) is -1.10. The molecule has 10 nitrogen and oxygen atoms in total. The van der Waals surface area contributed by atoms with Gasteiger partial charge in [-0.25, -0.2) is 18.4 Å². The zero-order valence-electron chi connectivity index (χ0n) is 22.6. The Kier molecular flexibility index (Phi) is 8.41. The van der Waals surface area contributed by atoms with Crippen molar-refractivity contribution in [1.82, 2.24) is 9.97 Å². The Morgan fingerprint density at radius 2 is 1.57 bits per heavy atom. The van der Waals surface area contributed by atoms with Gasteiger partial charge >= 0.3 is 0 Å². The summed E-state index contributed by atoms with van der Waals surface area (Å²) in [6.07, 6.45) is 0.0757. The molecule has 0 atom stereocenters. The van der Waals surface area contributed by atoms with Crippen LogP contribution in [0.3, 0.4) is 0 Å². The van der Waals surface area contributed by atoms with Crippen molar-refractivity contribution in [3.05, 3.63) is 102 Å². The smallest absolute Gasteiger partial charge is 0.263 e. The van der Waals surface area contributed by atoms with E-state index >= 15 is 0 Å². The lowest BCUT2D eigenvalue weighted by molar-refractivity contribution is -0.115. The van der Waals surface area contributed by atoms with E-state index in [1.165, 1.54) is 25.3 Å². The van der Waals surface area contributed by atoms with Crippen molar-refractivity contribution in [3.8, 4) is 11.5 Å². The van der Waals surface area contributed by atoms with Gasteiger partial charge < -0.3 is 20.1 Å². The van der Waals surface area contributed by atoms with E-state index < -0.39 is 10.0 Å². The quantitative estimate of drug-likeness (QED) is 0.176. The number of amides is 1. The largest absolute Gasteiger partial charge is 0.497 e. The van der Waals surface area contributed by atoms with Crippen LogP contribution in [0.5, 0.6) is 11.5 Å². The highest BCUT2D eigenvalue weighted by atomic mass is 35.5. The van der Waals surface area contributed by atoms with Gasteiger partial charge in [-0.3, -0.25) is 9.52 Å². The number of sulfonamides is 1. The van der Waals surface area contributed by atoms with Crippen LogP contribution in [-0.2, 0) is 21.2 Å². The summed E-state index contributed by atoms with van der Waals surface area (Å²) in [5, 5.41) is 6.39. The minimum Gasteiger partial charge on any atom is -0.497 e. The predicted molar refractivity (Wildman–Crippen MR) is 163 cm³/mol. The fourth-order valence-corrected chi connectivity index (χ4v) is 5.42. The van der Waals surface area contributed by atoms with Crippen molar-refractivity contribution in [2.24, 2.45) is 0 Å². The minimum atomic E-state index is -4.16. The van der Waals surface area contributed by atoms with E-state index in [2.05, 4.69) is 25.3 Å². The fraction of sp³-hybridized carbons (Fsp3) is 0.100. The van der Waals surface area contributed by atoms with Crippen molar-refractivity contribution in [2.45, 2.75) is 11.3 Å². The average Bonchev–Trinajstić information content (AvgIpc) is 2.97. The summed E-state index contributed by atoms with van der Waals surface area (Å²) in [5.74, 6) is 0.857. The number of carbonyl (C=O) groups is 1. The second kappa shape index (κ2) is 12.3. The lowest BCUT2D eigenvalue weighted by Gasteiger charge is -2.16. The second-order valence-electron chi connectivity index (χ2n) is 9.09. The first-order valence-electron chi connectivity index (χ1n) is 12.7. The minimum absolute atomic E-state index is 0.0260. The number of benzene rings is 4. The van der Waals surface area contributed by atoms with Gasteiger partial charge in [0.15, 0.2) is 11.6 Å². The van der Waals surface area contributed by atoms with Gasteiger partial charge in [-0.15, -0.1) is 0 Å². The molecule has 0 aliphatic rings. The third kappa shape index (κ3) is 6.70. The van der Waals surface area contributed by atoms with E-state index in [0.717, 1.165) is 5.56 Å². The van der Waals surface area contributed by atoms with Gasteiger partial charge in [0.25, 0.3) is 10.0 Å². The summed E-state index contributed by atoms with van der Waals surface area (Å²) in [6, 6.07) is 25.1. The molecule has 214 valence electrons. The van der Waals surface area contributed by atoms with Crippen molar-refractivity contribution < 1.29 is 22.7 Å². The van der Waals surface area contributed by atoms with Crippen LogP contribution in [0.4, 0.5) is 23.0 Å². The number of ether oxygens (including phenoxy) is 2. The van der Waals surface area contributed by atoms with Crippen LogP contribution in [-0.4, -0.2) is 38.5 Å². The maximum Gasteiger partial charge on any atom is 0.263 e. The molecule has 1 heterocycles. The van der Waals surface area contributed by atoms with Crippen LogP contribution < -0.4 is 24.8 Å². The normalized spacial score (nSPS) is 11.1. The molecule has 0 spiro atoms. The van der Waals surface area contributed by atoms with Gasteiger partial charge in [0.1, 0.15) is 11.5 Å². The first-order chi connectivity index (χ1) is 20.2. The number of fused-ring (bicyclic) bond motifs is 1. The third-order valence-corrected chi connectivity index (χ3v) is 7.72. The Balaban J connectivity index is 1.43. The van der Waals surface area contributed by atoms with E-state index in [9.17, 15) is 13.2 Å². The summed E-state index contributed by atoms with van der Waals surface area (Å²) in [4.78, 5) is 21.7. The Morgan fingerprint density at radius 1 is 0.833 bits per heavy atom. The number of aromatic nitrogens is 2. The number of halogens is 1. The molecule has 0 saturated carbocycles. The van der Waals surface area contributed by atoms with Crippen molar-refractivity contribution in [1.29, 1.82) is 0 Å². The summed E-state index contributed by atoms with van der Waals surface area (Å²) < 4.78 is 40.4. The van der Waals surface area contributed by atoms with Crippen molar-refractivity contribution in [2.75, 3.05) is 29.6 Å². The van der Waals surface area contributed by atoms with Gasteiger partial charge in [-0.2, -0.15) is 0 Å². The molecule has 1 amide bonds. The standard InChI is InChI=1S/C30H26ClN5O5S/c1-40-22-13-14-26(27(18-22)41-2)35-29-30(34-25-12-4-3-11-24(25)33-29)36-42(38,39)23-10-6-9-21(17-23)32-28(37)16-19-7-5-8-20(31)15-19/h3-15,17-18H,16H2,1-2H3,(H,32,37)(H,33,35)(H,34,36). The molecule has 42 heavy (non-hydrogen) atoms. The highest BCUT2D eigenvalue weighted by Crippen LogP contribution is 2.34. The Labute approximate surface area is 247 Å². The monoisotopic (exact) mass is 603 g/mol. The molecule has 0 unspecified atom stereocenters. The van der Waals surface area contributed by atoms with E-state index in [1.54, 1.807) is 73.8 Å². The van der Waals surface area contributed by atoms with Crippen LogP contribution in [0.2, 0.25) is 5.02 Å². The molecule has 5 rings (SSSR count). The topological polar surface area (TPSA) is 132 Å². The first kappa shape index (κ1) is 28.7. The molecule has 0 bridgehead atoms. The van der Waals surface area contributed by atoms with E-state index in [0.29, 0.717) is 38.9 Å². The number of methoxy groups -OCH3 is 2. The molecule has 3 N–H and O–H groups in total. The maximum atomic E-state index is 13.5. The molecule has 5 aromatic rings. The van der Waals surface area contributed by atoms with Crippen LogP contribution in [0, 0.1) is 0 Å². The Morgan fingerprint density at radius 3 is 2.29 bits per heavy atom. The summed E-state index contributed by atoms with van der Waals surface area (Å²) in [5.41, 5.74) is 2.61. The summed E-state index contributed by atoms with van der Waals surface area (Å²) in [6.45, 7) is 0. The van der Waals surface area contributed by atoms with Crippen LogP contribution >= 0.6 is 11.6 Å². The molecule has 1 aromatic heterocycles. The predicted octanol–water partition coefficient (Wildman–Crippen LogP) is 6.03. The van der Waals surface area contributed by atoms with Gasteiger partial charge in [0.05, 0.1) is 42.3 Å². The Bertz CT molecular complexity index is 1880. The van der Waals surface area contributed by atoms with Gasteiger partial charge in [-0.1, -0.05) is 41.9 Å². The number of anilines is 4. The average molecular weight is 604 g/mol. The highest BCUT2D eigenvalue weighted by Gasteiger charge is 2.21. The molecular weight excluding hydrogens is 578 g/mol. The fourth-order valence-electron chi connectivity index (χ4n) is 4.15. The van der Waals surface area contributed by atoms with Gasteiger partial charge in [0.2, 0.25) is 5.91 Å². The van der Waals surface area contributed by atoms with Crippen molar-refractivity contribution >= 4 is 61.6 Å². The van der Waals surface area contributed by atoms with E-state index in [-0.39, 0.29) is 28.9 Å². The van der Waals surface area contributed by atoms with E-state index in [1.807, 2.05) is 6.07 Å². The zero-order valence-corrected chi connectivity index (χ0v) is 24.2. The first-order valence-corrected chi connectivity index (χ1v) is 14.5. The Hall–Kier alpha value is -4.87. The number of carbonyl (C=O) groups excluding carboxylic acids is 1. The number of nitrogens with one attached hydrogen (secondary N) is 3. The maximum absolute atomic E-state index is 13.5. The summed E-state index contributed by atoms with van der Waals surface area (Å²) >= 11 is 6.01. The number of nitrogens with zero attached hydrogens (tertiary/aromatic N) is 2. The SMILES string of the molecule is COc1ccc(Nc2nc3ccccc3nc2NS(=O)(=O)c2cccc(NC(=O)Cc3cccc(Cl)c3)c2)c(OC)c1. The third-order valence-electron chi connectivity index (χ3n) is 6.15. The number of rotatable bonds is 10. The number of hydrogen-bond donors (Lipinski definition) is 3. The number of para-hydroxylation sites is 2. The molecular formula is C30H26ClN5O5S. The van der Waals surface area contributed by atoms with Gasteiger partial charge in [0, 0.05) is 16.8 Å². The molecule has 4 aromatic carbocycles. The van der Waals surface area contributed by atoms with E-state index in [4.69, 9.17) is 21.1 Å². The second-order valence-corrected chi connectivity index (χ2v) is 11.2. The van der Waals surface area contributed by atoms with Crippen LogP contribution in [0.1, 0.15) is 5.56 Å². The van der Waals surface area contributed by atoms with Gasteiger partial charge in [-0.05, 0) is 60.2 Å². The van der Waals surface area contributed by atoms with Crippen LogP contribution in [0.15, 0.2) is 95.9 Å². The molecule has 0 aliphatic heterocycles. The van der Waals surface area contributed by atoms with Crippen molar-refractivity contribution in [3.63, 3.8) is 0 Å². The lowest BCUT2D eigenvalue weighted by Crippen LogP contribution is -2.17.